The van der Waals surface area contributed by atoms with E-state index in [1.54, 1.807) is 0 Å². The van der Waals surface area contributed by atoms with Gasteiger partial charge in [0.1, 0.15) is 0 Å². The van der Waals surface area contributed by atoms with Crippen LogP contribution >= 0.6 is 23.5 Å². The van der Waals surface area contributed by atoms with Crippen molar-refractivity contribution < 1.29 is 4.79 Å². The second-order valence-corrected chi connectivity index (χ2v) is 7.13. The van der Waals surface area contributed by atoms with Gasteiger partial charge in [0.05, 0.1) is 4.58 Å². The molecule has 1 saturated heterocycles. The van der Waals surface area contributed by atoms with Gasteiger partial charge >= 0.3 is 0 Å². The summed E-state index contributed by atoms with van der Waals surface area (Å²) in [6, 6.07) is 9.62. The highest BCUT2D eigenvalue weighted by Gasteiger charge is 2.15. The van der Waals surface area contributed by atoms with Crippen molar-refractivity contribution in [2.45, 2.75) is 30.3 Å². The van der Waals surface area contributed by atoms with Crippen LogP contribution < -0.4 is 0 Å². The first-order chi connectivity index (χ1) is 8.36. The zero-order valence-electron chi connectivity index (χ0n) is 9.93. The van der Waals surface area contributed by atoms with Gasteiger partial charge in [-0.05, 0) is 12.8 Å². The molecule has 0 radical (unpaired) electrons. The Morgan fingerprint density at radius 2 is 1.82 bits per heavy atom. The standard InChI is InChI=1S/C14H18OS2/c15-13(12-6-2-1-3-7-12)8-4-5-9-14-16-10-11-17-14/h1-3,6-7,14H,4-5,8-11H2. The number of rotatable bonds is 6. The summed E-state index contributed by atoms with van der Waals surface area (Å²) in [5, 5.41) is 0. The van der Waals surface area contributed by atoms with Crippen LogP contribution in [-0.2, 0) is 0 Å². The average molecular weight is 266 g/mol. The van der Waals surface area contributed by atoms with Crippen LogP contribution in [0.2, 0.25) is 0 Å². The zero-order valence-corrected chi connectivity index (χ0v) is 11.6. The fourth-order valence-corrected chi connectivity index (χ4v) is 4.86. The molecule has 3 heteroatoms. The summed E-state index contributed by atoms with van der Waals surface area (Å²) in [5.74, 6) is 2.90. The summed E-state index contributed by atoms with van der Waals surface area (Å²) in [6.07, 6.45) is 4.18. The molecule has 0 bridgehead atoms. The van der Waals surface area contributed by atoms with Crippen molar-refractivity contribution in [3.63, 3.8) is 0 Å². The van der Waals surface area contributed by atoms with Crippen LogP contribution in [0.4, 0.5) is 0 Å². The van der Waals surface area contributed by atoms with E-state index in [9.17, 15) is 4.79 Å². The number of thioether (sulfide) groups is 2. The largest absolute Gasteiger partial charge is 0.294 e. The van der Waals surface area contributed by atoms with E-state index in [1.807, 2.05) is 30.3 Å². The summed E-state index contributed by atoms with van der Waals surface area (Å²) in [7, 11) is 0. The van der Waals surface area contributed by atoms with Gasteiger partial charge in [-0.2, -0.15) is 0 Å². The van der Waals surface area contributed by atoms with Crippen molar-refractivity contribution >= 4 is 29.3 Å². The predicted octanol–water partition coefficient (Wildman–Crippen LogP) is 4.24. The second kappa shape index (κ2) is 7.12. The van der Waals surface area contributed by atoms with Crippen LogP contribution in [0.3, 0.4) is 0 Å². The normalized spacial score (nSPS) is 16.2. The molecule has 0 spiro atoms. The zero-order chi connectivity index (χ0) is 11.9. The van der Waals surface area contributed by atoms with Gasteiger partial charge in [-0.15, -0.1) is 23.5 Å². The van der Waals surface area contributed by atoms with E-state index in [-0.39, 0.29) is 5.78 Å². The first kappa shape index (κ1) is 13.0. The molecular formula is C14H18OS2. The van der Waals surface area contributed by atoms with E-state index in [0.29, 0.717) is 6.42 Å². The van der Waals surface area contributed by atoms with Crippen molar-refractivity contribution in [1.82, 2.24) is 0 Å². The number of unbranched alkanes of at least 4 members (excludes halogenated alkanes) is 1. The Morgan fingerprint density at radius 1 is 1.12 bits per heavy atom. The van der Waals surface area contributed by atoms with Crippen molar-refractivity contribution in [2.24, 2.45) is 0 Å². The Bertz CT molecular complexity index is 344. The number of Topliss-reactive ketones (excluding diaryl/α,β-unsaturated/α-hetero) is 1. The molecule has 1 aliphatic rings. The van der Waals surface area contributed by atoms with E-state index < -0.39 is 0 Å². The van der Waals surface area contributed by atoms with Crippen molar-refractivity contribution in [2.75, 3.05) is 11.5 Å². The lowest BCUT2D eigenvalue weighted by Gasteiger charge is -2.06. The fraction of sp³-hybridized carbons (Fsp3) is 0.500. The third-order valence-corrected chi connectivity index (χ3v) is 6.05. The van der Waals surface area contributed by atoms with Crippen molar-refractivity contribution in [3.8, 4) is 0 Å². The van der Waals surface area contributed by atoms with Gasteiger partial charge in [0, 0.05) is 23.5 Å². The quantitative estimate of drug-likeness (QED) is 0.566. The Kier molecular flexibility index (Phi) is 5.46. The number of hydrogen-bond acceptors (Lipinski definition) is 3. The van der Waals surface area contributed by atoms with E-state index in [2.05, 4.69) is 23.5 Å². The van der Waals surface area contributed by atoms with Gasteiger partial charge in [-0.1, -0.05) is 36.8 Å². The molecule has 0 N–H and O–H groups in total. The molecule has 2 rings (SSSR count). The Hall–Kier alpha value is -0.410. The smallest absolute Gasteiger partial charge is 0.162 e. The van der Waals surface area contributed by atoms with Gasteiger partial charge in [-0.25, -0.2) is 0 Å². The molecule has 92 valence electrons. The van der Waals surface area contributed by atoms with E-state index in [4.69, 9.17) is 0 Å². The van der Waals surface area contributed by atoms with Crippen molar-refractivity contribution in [3.05, 3.63) is 35.9 Å². The molecule has 0 unspecified atom stereocenters. The number of carbonyl (C=O) groups is 1. The maximum Gasteiger partial charge on any atom is 0.162 e. The second-order valence-electron chi connectivity index (χ2n) is 4.21. The molecule has 0 aliphatic carbocycles. The van der Waals surface area contributed by atoms with E-state index in [1.165, 1.54) is 24.3 Å². The number of hydrogen-bond donors (Lipinski definition) is 0. The first-order valence-corrected chi connectivity index (χ1v) is 8.27. The highest BCUT2D eigenvalue weighted by Crippen LogP contribution is 2.35. The molecule has 0 amide bonds. The van der Waals surface area contributed by atoms with E-state index >= 15 is 0 Å². The fourth-order valence-electron chi connectivity index (χ4n) is 1.94. The first-order valence-electron chi connectivity index (χ1n) is 6.18. The number of ketones is 1. The van der Waals surface area contributed by atoms with Gasteiger partial charge in [0.15, 0.2) is 5.78 Å². The van der Waals surface area contributed by atoms with Gasteiger partial charge in [0.2, 0.25) is 0 Å². The SMILES string of the molecule is O=C(CCCCC1SCCS1)c1ccccc1. The molecule has 1 aliphatic heterocycles. The Morgan fingerprint density at radius 3 is 2.53 bits per heavy atom. The summed E-state index contributed by atoms with van der Waals surface area (Å²) in [4.78, 5) is 11.8. The Labute approximate surface area is 112 Å². The van der Waals surface area contributed by atoms with Crippen LogP contribution in [0, 0.1) is 0 Å². The van der Waals surface area contributed by atoms with Gasteiger partial charge in [0.25, 0.3) is 0 Å². The molecule has 17 heavy (non-hydrogen) atoms. The average Bonchev–Trinajstić information content (AvgIpc) is 2.88. The third-order valence-electron chi connectivity index (χ3n) is 2.88. The minimum Gasteiger partial charge on any atom is -0.294 e. The van der Waals surface area contributed by atoms with Crippen LogP contribution in [0.5, 0.6) is 0 Å². The summed E-state index contributed by atoms with van der Waals surface area (Å²) in [6.45, 7) is 0. The topological polar surface area (TPSA) is 17.1 Å². The molecule has 0 saturated carbocycles. The molecule has 1 aromatic rings. The van der Waals surface area contributed by atoms with Crippen LogP contribution in [0.15, 0.2) is 30.3 Å². The highest BCUT2D eigenvalue weighted by atomic mass is 32.2. The molecular weight excluding hydrogens is 248 g/mol. The minimum absolute atomic E-state index is 0.289. The molecule has 1 nitrogen and oxygen atoms in total. The third kappa shape index (κ3) is 4.40. The van der Waals surface area contributed by atoms with Crippen LogP contribution in [0.1, 0.15) is 36.0 Å². The maximum atomic E-state index is 11.8. The Balaban J connectivity index is 1.63. The molecule has 0 atom stereocenters. The lowest BCUT2D eigenvalue weighted by atomic mass is 10.1. The number of benzene rings is 1. The van der Waals surface area contributed by atoms with Crippen LogP contribution in [0.25, 0.3) is 0 Å². The monoisotopic (exact) mass is 266 g/mol. The van der Waals surface area contributed by atoms with E-state index in [0.717, 1.165) is 16.6 Å². The van der Waals surface area contributed by atoms with Gasteiger partial charge < -0.3 is 0 Å². The maximum absolute atomic E-state index is 11.8. The molecule has 1 fully saturated rings. The molecule has 1 aromatic carbocycles. The lowest BCUT2D eigenvalue weighted by molar-refractivity contribution is 0.0979. The predicted molar refractivity (Wildman–Crippen MR) is 77.9 cm³/mol. The molecule has 0 aromatic heterocycles. The summed E-state index contributed by atoms with van der Waals surface area (Å²) >= 11 is 4.15. The number of carbonyl (C=O) groups excluding carboxylic acids is 1. The summed E-state index contributed by atoms with van der Waals surface area (Å²) < 4.78 is 0.793. The minimum atomic E-state index is 0.289. The van der Waals surface area contributed by atoms with Gasteiger partial charge in [-0.3, -0.25) is 4.79 Å². The highest BCUT2D eigenvalue weighted by molar-refractivity contribution is 8.20. The summed E-state index contributed by atoms with van der Waals surface area (Å²) in [5.41, 5.74) is 0.858. The van der Waals surface area contributed by atoms with Crippen molar-refractivity contribution in [1.29, 1.82) is 0 Å². The lowest BCUT2D eigenvalue weighted by Crippen LogP contribution is -1.99. The molecule has 1 heterocycles. The van der Waals surface area contributed by atoms with Crippen LogP contribution in [-0.4, -0.2) is 21.9 Å².